The van der Waals surface area contributed by atoms with E-state index in [2.05, 4.69) is 18.3 Å². The predicted molar refractivity (Wildman–Crippen MR) is 70.6 cm³/mol. The largest absolute Gasteiger partial charge is 0.493 e. The Morgan fingerprint density at radius 3 is 2.44 bits per heavy atom. The van der Waals surface area contributed by atoms with E-state index in [9.17, 15) is 0 Å². The minimum atomic E-state index is 0.0307. The van der Waals surface area contributed by atoms with Crippen molar-refractivity contribution in [1.29, 1.82) is 0 Å². The lowest BCUT2D eigenvalue weighted by molar-refractivity contribution is 0.0256. The van der Waals surface area contributed by atoms with Crippen molar-refractivity contribution in [2.75, 3.05) is 33.9 Å². The van der Waals surface area contributed by atoms with Crippen molar-refractivity contribution < 1.29 is 14.2 Å². The zero-order valence-corrected chi connectivity index (χ0v) is 11.5. The Morgan fingerprint density at radius 1 is 1.17 bits per heavy atom. The zero-order valence-electron chi connectivity index (χ0n) is 11.5. The molecule has 0 saturated carbocycles. The second-order valence-corrected chi connectivity index (χ2v) is 4.55. The number of hydrogen-bond acceptors (Lipinski definition) is 4. The minimum absolute atomic E-state index is 0.0307. The molecule has 1 aromatic rings. The molecular weight excluding hydrogens is 230 g/mol. The summed E-state index contributed by atoms with van der Waals surface area (Å²) in [4.78, 5) is 0. The molecule has 1 heterocycles. The van der Waals surface area contributed by atoms with Crippen molar-refractivity contribution in [2.45, 2.75) is 20.0 Å². The maximum Gasteiger partial charge on any atom is 0.167 e. The van der Waals surface area contributed by atoms with Crippen LogP contribution in [0.15, 0.2) is 6.07 Å². The number of aryl methyl sites for hydroxylation is 2. The van der Waals surface area contributed by atoms with E-state index in [1.165, 1.54) is 5.56 Å². The Labute approximate surface area is 108 Å². The van der Waals surface area contributed by atoms with E-state index >= 15 is 0 Å². The van der Waals surface area contributed by atoms with Gasteiger partial charge < -0.3 is 19.5 Å². The number of nitrogens with one attached hydrogen (secondary N) is 1. The van der Waals surface area contributed by atoms with Crippen molar-refractivity contribution in [2.24, 2.45) is 0 Å². The molecule has 1 aromatic carbocycles. The molecule has 1 aliphatic heterocycles. The number of morpholine rings is 1. The SMILES string of the molecule is COc1c(C)cc(C)c(C2CNCCO2)c1OC. The van der Waals surface area contributed by atoms with Gasteiger partial charge >= 0.3 is 0 Å². The third-order valence-electron chi connectivity index (χ3n) is 3.32. The molecule has 0 bridgehead atoms. The fraction of sp³-hybridized carbons (Fsp3) is 0.571. The molecule has 4 heteroatoms. The van der Waals surface area contributed by atoms with Crippen LogP contribution in [0.25, 0.3) is 0 Å². The topological polar surface area (TPSA) is 39.7 Å². The van der Waals surface area contributed by atoms with Crippen LogP contribution >= 0.6 is 0 Å². The summed E-state index contributed by atoms with van der Waals surface area (Å²) in [6.07, 6.45) is 0.0307. The van der Waals surface area contributed by atoms with Crippen LogP contribution in [-0.4, -0.2) is 33.9 Å². The monoisotopic (exact) mass is 251 g/mol. The first-order valence-electron chi connectivity index (χ1n) is 6.23. The van der Waals surface area contributed by atoms with E-state index < -0.39 is 0 Å². The molecule has 18 heavy (non-hydrogen) atoms. The van der Waals surface area contributed by atoms with E-state index in [1.807, 2.05) is 6.92 Å². The van der Waals surface area contributed by atoms with Gasteiger partial charge in [-0.25, -0.2) is 0 Å². The first-order chi connectivity index (χ1) is 8.69. The molecule has 0 aromatic heterocycles. The molecule has 0 spiro atoms. The lowest BCUT2D eigenvalue weighted by Crippen LogP contribution is -2.34. The van der Waals surface area contributed by atoms with Crippen LogP contribution in [0.3, 0.4) is 0 Å². The van der Waals surface area contributed by atoms with Crippen LogP contribution in [0.4, 0.5) is 0 Å². The summed E-state index contributed by atoms with van der Waals surface area (Å²) in [7, 11) is 3.35. The van der Waals surface area contributed by atoms with Gasteiger partial charge in [0.2, 0.25) is 0 Å². The van der Waals surface area contributed by atoms with Crippen LogP contribution in [0.5, 0.6) is 11.5 Å². The molecule has 1 unspecified atom stereocenters. The van der Waals surface area contributed by atoms with Gasteiger partial charge in [-0.3, -0.25) is 0 Å². The molecular formula is C14H21NO3. The molecule has 100 valence electrons. The molecule has 1 aliphatic rings. The fourth-order valence-corrected chi connectivity index (χ4v) is 2.56. The number of methoxy groups -OCH3 is 2. The molecule has 1 fully saturated rings. The van der Waals surface area contributed by atoms with Crippen molar-refractivity contribution in [3.8, 4) is 11.5 Å². The first-order valence-corrected chi connectivity index (χ1v) is 6.23. The second-order valence-electron chi connectivity index (χ2n) is 4.55. The summed E-state index contributed by atoms with van der Waals surface area (Å²) in [6, 6.07) is 2.12. The van der Waals surface area contributed by atoms with E-state index in [4.69, 9.17) is 14.2 Å². The van der Waals surface area contributed by atoms with Crippen molar-refractivity contribution >= 4 is 0 Å². The lowest BCUT2D eigenvalue weighted by Gasteiger charge is -2.28. The third-order valence-corrected chi connectivity index (χ3v) is 3.32. The predicted octanol–water partition coefficient (Wildman–Crippen LogP) is 1.98. The highest BCUT2D eigenvalue weighted by Crippen LogP contribution is 2.41. The Balaban J connectivity index is 2.49. The Hall–Kier alpha value is -1.26. The van der Waals surface area contributed by atoms with E-state index in [-0.39, 0.29) is 6.10 Å². The number of hydrogen-bond donors (Lipinski definition) is 1. The highest BCUT2D eigenvalue weighted by atomic mass is 16.5. The van der Waals surface area contributed by atoms with Crippen molar-refractivity contribution in [1.82, 2.24) is 5.32 Å². The first kappa shape index (κ1) is 13.2. The highest BCUT2D eigenvalue weighted by molar-refractivity contribution is 5.56. The standard InChI is InChI=1S/C14H21NO3/c1-9-7-10(2)13(16-3)14(17-4)12(9)11-8-15-5-6-18-11/h7,11,15H,5-6,8H2,1-4H3. The van der Waals surface area contributed by atoms with Gasteiger partial charge in [-0.05, 0) is 25.0 Å². The summed E-state index contributed by atoms with van der Waals surface area (Å²) in [5.74, 6) is 1.59. The van der Waals surface area contributed by atoms with Crippen LogP contribution in [0.1, 0.15) is 22.8 Å². The van der Waals surface area contributed by atoms with Gasteiger partial charge in [0.1, 0.15) is 0 Å². The average Bonchev–Trinajstić information content (AvgIpc) is 2.38. The highest BCUT2D eigenvalue weighted by Gasteiger charge is 2.25. The molecule has 1 N–H and O–H groups in total. The van der Waals surface area contributed by atoms with Gasteiger partial charge in [0.05, 0.1) is 26.9 Å². The second kappa shape index (κ2) is 5.59. The molecule has 0 aliphatic carbocycles. The molecule has 0 amide bonds. The van der Waals surface area contributed by atoms with Gasteiger partial charge in [-0.1, -0.05) is 6.07 Å². The third kappa shape index (κ3) is 2.31. The van der Waals surface area contributed by atoms with Crippen LogP contribution in [0, 0.1) is 13.8 Å². The molecule has 1 saturated heterocycles. The summed E-state index contributed by atoms with van der Waals surface area (Å²) in [6.45, 7) is 6.55. The van der Waals surface area contributed by atoms with Crippen molar-refractivity contribution in [3.05, 3.63) is 22.8 Å². The summed E-state index contributed by atoms with van der Waals surface area (Å²) >= 11 is 0. The van der Waals surface area contributed by atoms with Gasteiger partial charge in [0.25, 0.3) is 0 Å². The van der Waals surface area contributed by atoms with Crippen LogP contribution < -0.4 is 14.8 Å². The fourth-order valence-electron chi connectivity index (χ4n) is 2.56. The Morgan fingerprint density at radius 2 is 1.89 bits per heavy atom. The van der Waals surface area contributed by atoms with Gasteiger partial charge in [0.15, 0.2) is 11.5 Å². The summed E-state index contributed by atoms with van der Waals surface area (Å²) < 4.78 is 16.8. The molecule has 4 nitrogen and oxygen atoms in total. The van der Waals surface area contributed by atoms with Crippen molar-refractivity contribution in [3.63, 3.8) is 0 Å². The van der Waals surface area contributed by atoms with Gasteiger partial charge in [-0.15, -0.1) is 0 Å². The van der Waals surface area contributed by atoms with Crippen LogP contribution in [0.2, 0.25) is 0 Å². The number of ether oxygens (including phenoxy) is 3. The van der Waals surface area contributed by atoms with Crippen LogP contribution in [-0.2, 0) is 4.74 Å². The van der Waals surface area contributed by atoms with E-state index in [1.54, 1.807) is 14.2 Å². The summed E-state index contributed by atoms with van der Waals surface area (Å²) in [5.41, 5.74) is 3.35. The molecule has 2 rings (SSSR count). The van der Waals surface area contributed by atoms with E-state index in [0.717, 1.165) is 42.3 Å². The molecule has 1 atom stereocenters. The number of benzene rings is 1. The smallest absolute Gasteiger partial charge is 0.167 e. The van der Waals surface area contributed by atoms with Gasteiger partial charge in [-0.2, -0.15) is 0 Å². The minimum Gasteiger partial charge on any atom is -0.493 e. The normalized spacial score (nSPS) is 19.7. The van der Waals surface area contributed by atoms with E-state index in [0.29, 0.717) is 0 Å². The Bertz CT molecular complexity index is 426. The maximum atomic E-state index is 5.83. The maximum absolute atomic E-state index is 5.83. The summed E-state index contributed by atoms with van der Waals surface area (Å²) in [5, 5.41) is 3.34. The Kier molecular flexibility index (Phi) is 4.09. The lowest BCUT2D eigenvalue weighted by atomic mass is 9.97. The zero-order chi connectivity index (χ0) is 13.1. The molecule has 0 radical (unpaired) electrons. The average molecular weight is 251 g/mol. The number of rotatable bonds is 3. The quantitative estimate of drug-likeness (QED) is 0.891. The van der Waals surface area contributed by atoms with Gasteiger partial charge in [0, 0.05) is 18.7 Å².